The van der Waals surface area contributed by atoms with E-state index in [2.05, 4.69) is 0 Å². The van der Waals surface area contributed by atoms with E-state index >= 15 is 0 Å². The van der Waals surface area contributed by atoms with Crippen LogP contribution in [0.1, 0.15) is 30.9 Å². The molecule has 0 aliphatic heterocycles. The summed E-state index contributed by atoms with van der Waals surface area (Å²) in [6.45, 7) is 1.94. The Kier molecular flexibility index (Phi) is 4.41. The summed E-state index contributed by atoms with van der Waals surface area (Å²) in [5.74, 6) is -1.63. The van der Waals surface area contributed by atoms with Crippen LogP contribution >= 0.6 is 11.6 Å². The highest BCUT2D eigenvalue weighted by atomic mass is 35.5. The van der Waals surface area contributed by atoms with Gasteiger partial charge >= 0.3 is 0 Å². The number of benzene rings is 2. The summed E-state index contributed by atoms with van der Waals surface area (Å²) in [6, 6.07) is 7.10. The van der Waals surface area contributed by atoms with Crippen LogP contribution in [0.25, 0.3) is 16.7 Å². The van der Waals surface area contributed by atoms with Crippen LogP contribution in [0, 0.1) is 11.6 Å². The lowest BCUT2D eigenvalue weighted by Crippen LogP contribution is -2.01. The summed E-state index contributed by atoms with van der Waals surface area (Å²) in [5.41, 5.74) is 2.39. The zero-order valence-corrected chi connectivity index (χ0v) is 13.8. The number of carbonyl (C=O) groups excluding carboxylic acids is 1. The molecule has 2 aromatic rings. The van der Waals surface area contributed by atoms with Crippen LogP contribution in [-0.2, 0) is 11.2 Å². The summed E-state index contributed by atoms with van der Waals surface area (Å²) >= 11 is 5.76. The van der Waals surface area contributed by atoms with E-state index in [0.29, 0.717) is 29.5 Å². The lowest BCUT2D eigenvalue weighted by atomic mass is 9.92. The van der Waals surface area contributed by atoms with Crippen molar-refractivity contribution in [2.24, 2.45) is 0 Å². The molecule has 0 radical (unpaired) electrons. The molecule has 1 aliphatic rings. The summed E-state index contributed by atoms with van der Waals surface area (Å²) in [6.07, 6.45) is 1.25. The van der Waals surface area contributed by atoms with Gasteiger partial charge in [-0.1, -0.05) is 30.7 Å². The Morgan fingerprint density at radius 2 is 1.83 bits per heavy atom. The highest BCUT2D eigenvalue weighted by molar-refractivity contribution is 6.31. The minimum absolute atomic E-state index is 0.0597. The molecule has 0 heterocycles. The van der Waals surface area contributed by atoms with Gasteiger partial charge in [0, 0.05) is 24.5 Å². The van der Waals surface area contributed by atoms with Crippen LogP contribution in [0.3, 0.4) is 0 Å². The van der Waals surface area contributed by atoms with Gasteiger partial charge in [0.25, 0.3) is 0 Å². The minimum atomic E-state index is -0.824. The number of aliphatic hydroxyl groups is 1. The first kappa shape index (κ1) is 16.7. The van der Waals surface area contributed by atoms with Gasteiger partial charge in [0.05, 0.1) is 10.6 Å². The standard InChI is InChI=1S/C19H15ClF2O2/c1-2-10-3-4-11(12-8-14(20)16(22)9-15(12)21)7-13(10)19-17(23)5-6-18(19)24/h3-4,7-9,23H,2,5-6H2,1H3. The third kappa shape index (κ3) is 2.82. The number of ketones is 1. The Hall–Kier alpha value is -2.20. The van der Waals surface area contributed by atoms with Gasteiger partial charge in [-0.15, -0.1) is 0 Å². The van der Waals surface area contributed by atoms with Crippen molar-refractivity contribution in [2.75, 3.05) is 0 Å². The third-order valence-electron chi connectivity index (χ3n) is 4.24. The maximum atomic E-state index is 14.1. The molecule has 3 rings (SSSR count). The average molecular weight is 349 g/mol. The van der Waals surface area contributed by atoms with E-state index in [0.717, 1.165) is 11.6 Å². The fraction of sp³-hybridized carbons (Fsp3) is 0.211. The Bertz CT molecular complexity index is 872. The molecule has 2 nitrogen and oxygen atoms in total. The van der Waals surface area contributed by atoms with Gasteiger partial charge in [-0.05, 0) is 35.2 Å². The second-order valence-corrected chi connectivity index (χ2v) is 6.12. The fourth-order valence-electron chi connectivity index (χ4n) is 2.98. The van der Waals surface area contributed by atoms with E-state index in [-0.39, 0.29) is 28.5 Å². The van der Waals surface area contributed by atoms with E-state index in [9.17, 15) is 18.7 Å². The molecule has 1 aliphatic carbocycles. The number of halogens is 3. The average Bonchev–Trinajstić information content (AvgIpc) is 2.89. The van der Waals surface area contributed by atoms with Gasteiger partial charge < -0.3 is 5.11 Å². The van der Waals surface area contributed by atoms with Gasteiger partial charge in [-0.2, -0.15) is 0 Å². The maximum absolute atomic E-state index is 14.1. The normalized spacial score (nSPS) is 14.6. The summed E-state index contributed by atoms with van der Waals surface area (Å²) in [4.78, 5) is 12.1. The van der Waals surface area contributed by atoms with Crippen molar-refractivity contribution in [1.82, 2.24) is 0 Å². The fourth-order valence-corrected chi connectivity index (χ4v) is 3.14. The van der Waals surface area contributed by atoms with Crippen LogP contribution in [0.4, 0.5) is 8.78 Å². The highest BCUT2D eigenvalue weighted by Gasteiger charge is 2.26. The Morgan fingerprint density at radius 3 is 2.46 bits per heavy atom. The molecule has 0 bridgehead atoms. The zero-order chi connectivity index (χ0) is 17.4. The molecule has 0 fully saturated rings. The number of allylic oxidation sites excluding steroid dienone is 2. The number of rotatable bonds is 3. The second-order valence-electron chi connectivity index (χ2n) is 5.72. The molecule has 0 spiro atoms. The molecule has 0 unspecified atom stereocenters. The van der Waals surface area contributed by atoms with Crippen LogP contribution in [0.15, 0.2) is 36.1 Å². The number of hydrogen-bond acceptors (Lipinski definition) is 2. The summed E-state index contributed by atoms with van der Waals surface area (Å²) < 4.78 is 27.5. The van der Waals surface area contributed by atoms with E-state index in [1.165, 1.54) is 6.07 Å². The quantitative estimate of drug-likeness (QED) is 0.746. The van der Waals surface area contributed by atoms with Gasteiger partial charge in [0.2, 0.25) is 0 Å². The molecule has 0 amide bonds. The molecule has 24 heavy (non-hydrogen) atoms. The Morgan fingerprint density at radius 1 is 1.08 bits per heavy atom. The number of hydrogen-bond donors (Lipinski definition) is 1. The van der Waals surface area contributed by atoms with Gasteiger partial charge in [0.1, 0.15) is 17.4 Å². The van der Waals surface area contributed by atoms with Crippen molar-refractivity contribution < 1.29 is 18.7 Å². The molecule has 0 saturated heterocycles. The molecule has 5 heteroatoms. The van der Waals surface area contributed by atoms with Crippen molar-refractivity contribution in [3.8, 4) is 11.1 Å². The lowest BCUT2D eigenvalue weighted by molar-refractivity contribution is -0.113. The molecular weight excluding hydrogens is 334 g/mol. The predicted molar refractivity (Wildman–Crippen MR) is 90.0 cm³/mol. The van der Waals surface area contributed by atoms with Gasteiger partial charge in [-0.3, -0.25) is 4.79 Å². The molecular formula is C19H15ClF2O2. The first-order valence-corrected chi connectivity index (χ1v) is 8.03. The van der Waals surface area contributed by atoms with Crippen molar-refractivity contribution in [3.63, 3.8) is 0 Å². The number of Topliss-reactive ketones (excluding diaryl/α,β-unsaturated/α-hetero) is 1. The third-order valence-corrected chi connectivity index (χ3v) is 4.53. The van der Waals surface area contributed by atoms with E-state index in [4.69, 9.17) is 11.6 Å². The largest absolute Gasteiger partial charge is 0.512 e. The second kappa shape index (κ2) is 6.36. The first-order chi connectivity index (χ1) is 11.4. The molecule has 0 atom stereocenters. The minimum Gasteiger partial charge on any atom is -0.512 e. The molecule has 0 aromatic heterocycles. The lowest BCUT2D eigenvalue weighted by Gasteiger charge is -2.13. The summed E-state index contributed by atoms with van der Waals surface area (Å²) in [5, 5.41) is 9.87. The van der Waals surface area contributed by atoms with Crippen molar-refractivity contribution in [1.29, 1.82) is 0 Å². The smallest absolute Gasteiger partial charge is 0.167 e. The van der Waals surface area contributed by atoms with E-state index in [1.807, 2.05) is 6.92 Å². The van der Waals surface area contributed by atoms with Crippen molar-refractivity contribution >= 4 is 23.0 Å². The zero-order valence-electron chi connectivity index (χ0n) is 13.0. The molecule has 124 valence electrons. The van der Waals surface area contributed by atoms with E-state index in [1.54, 1.807) is 18.2 Å². The molecule has 2 aromatic carbocycles. The molecule has 1 N–H and O–H groups in total. The van der Waals surface area contributed by atoms with Crippen LogP contribution in [0.5, 0.6) is 0 Å². The van der Waals surface area contributed by atoms with Crippen LogP contribution < -0.4 is 0 Å². The number of aryl methyl sites for hydroxylation is 1. The maximum Gasteiger partial charge on any atom is 0.167 e. The monoisotopic (exact) mass is 348 g/mol. The predicted octanol–water partition coefficient (Wildman–Crippen LogP) is 5.48. The van der Waals surface area contributed by atoms with Gasteiger partial charge in [-0.25, -0.2) is 8.78 Å². The Balaban J connectivity index is 2.20. The van der Waals surface area contributed by atoms with Crippen LogP contribution in [0.2, 0.25) is 5.02 Å². The van der Waals surface area contributed by atoms with Crippen LogP contribution in [-0.4, -0.2) is 10.9 Å². The van der Waals surface area contributed by atoms with Gasteiger partial charge in [0.15, 0.2) is 5.78 Å². The summed E-state index contributed by atoms with van der Waals surface area (Å²) in [7, 11) is 0. The Labute approximate surface area is 143 Å². The highest BCUT2D eigenvalue weighted by Crippen LogP contribution is 2.36. The molecule has 0 saturated carbocycles. The topological polar surface area (TPSA) is 37.3 Å². The van der Waals surface area contributed by atoms with Crippen molar-refractivity contribution in [3.05, 3.63) is 63.9 Å². The number of aliphatic hydroxyl groups excluding tert-OH is 1. The SMILES string of the molecule is CCc1ccc(-c2cc(Cl)c(F)cc2F)cc1C1=C(O)CCC1=O. The van der Waals surface area contributed by atoms with Crippen molar-refractivity contribution in [2.45, 2.75) is 26.2 Å². The first-order valence-electron chi connectivity index (χ1n) is 7.66. The van der Waals surface area contributed by atoms with E-state index < -0.39 is 11.6 Å². The number of carbonyl (C=O) groups is 1.